The van der Waals surface area contributed by atoms with E-state index in [0.29, 0.717) is 12.8 Å². The molecule has 4 heteroatoms. The summed E-state index contributed by atoms with van der Waals surface area (Å²) in [5.74, 6) is 0.422. The molecular weight excluding hydrogens is 412 g/mol. The minimum absolute atomic E-state index is 0.342. The van der Waals surface area contributed by atoms with Crippen LogP contribution in [-0.4, -0.2) is 22.2 Å². The number of unbranched alkanes of at least 4 members (excludes halogenated alkanes) is 14. The summed E-state index contributed by atoms with van der Waals surface area (Å²) in [5, 5.41) is 16.9. The zero-order valence-corrected chi connectivity index (χ0v) is 22.7. The lowest BCUT2D eigenvalue weighted by molar-refractivity contribution is -0.138. The van der Waals surface area contributed by atoms with Crippen LogP contribution in [0.4, 0.5) is 0 Å². The third kappa shape index (κ3) is 35.7. The van der Waals surface area contributed by atoms with Crippen molar-refractivity contribution < 1.29 is 19.8 Å². The number of carboxylic acid groups (broad SMARTS) is 2. The molecule has 33 heavy (non-hydrogen) atoms. The van der Waals surface area contributed by atoms with Gasteiger partial charge in [0.2, 0.25) is 0 Å². The van der Waals surface area contributed by atoms with Gasteiger partial charge in [0.25, 0.3) is 0 Å². The fourth-order valence-corrected chi connectivity index (χ4v) is 3.92. The maximum absolute atomic E-state index is 10.3. The highest BCUT2D eigenvalue weighted by Crippen LogP contribution is 2.15. The van der Waals surface area contributed by atoms with Crippen LogP contribution < -0.4 is 0 Å². The number of carboxylic acids is 2. The molecule has 4 nitrogen and oxygen atoms in total. The second-order valence-corrected chi connectivity index (χ2v) is 10.4. The summed E-state index contributed by atoms with van der Waals surface area (Å²) in [4.78, 5) is 20.5. The SMILES string of the molecule is CC(C)CCCCCCCCCCC(=O)O.CCC(C)CCCCCCCCCCC(=O)O. The number of rotatable bonds is 23. The molecular formula is C29H58O4. The van der Waals surface area contributed by atoms with Gasteiger partial charge in [-0.3, -0.25) is 9.59 Å². The molecule has 0 heterocycles. The number of aliphatic carboxylic acids is 2. The van der Waals surface area contributed by atoms with E-state index in [2.05, 4.69) is 27.7 Å². The molecule has 0 spiro atoms. The highest BCUT2D eigenvalue weighted by Gasteiger charge is 1.99. The number of hydrogen-bond donors (Lipinski definition) is 2. The molecule has 0 saturated carbocycles. The standard InChI is InChI=1S/C15H30O2.C14H28O2/c1-3-14(2)12-10-8-6-4-5-7-9-11-13-15(16)17;1-13(2)11-9-7-5-3-4-6-8-10-12-14(15)16/h14H,3-13H2,1-2H3,(H,16,17);13H,3-12H2,1-2H3,(H,15,16). The van der Waals surface area contributed by atoms with Gasteiger partial charge in [0.1, 0.15) is 0 Å². The van der Waals surface area contributed by atoms with Crippen molar-refractivity contribution in [3.8, 4) is 0 Å². The Bertz CT molecular complexity index is 420. The lowest BCUT2D eigenvalue weighted by Gasteiger charge is -2.07. The molecule has 0 amide bonds. The monoisotopic (exact) mass is 470 g/mol. The van der Waals surface area contributed by atoms with Gasteiger partial charge in [-0.15, -0.1) is 0 Å². The van der Waals surface area contributed by atoms with Crippen molar-refractivity contribution in [1.29, 1.82) is 0 Å². The topological polar surface area (TPSA) is 74.6 Å². The molecule has 198 valence electrons. The maximum Gasteiger partial charge on any atom is 0.303 e. The zero-order chi connectivity index (χ0) is 25.2. The van der Waals surface area contributed by atoms with E-state index < -0.39 is 11.9 Å². The minimum atomic E-state index is -0.659. The van der Waals surface area contributed by atoms with Gasteiger partial charge in [-0.25, -0.2) is 0 Å². The summed E-state index contributed by atoms with van der Waals surface area (Å²) in [6.07, 6.45) is 24.4. The molecule has 0 radical (unpaired) electrons. The summed E-state index contributed by atoms with van der Waals surface area (Å²) >= 11 is 0. The van der Waals surface area contributed by atoms with Crippen molar-refractivity contribution in [2.24, 2.45) is 11.8 Å². The molecule has 0 bridgehead atoms. The summed E-state index contributed by atoms with van der Waals surface area (Å²) in [5.41, 5.74) is 0. The molecule has 0 aromatic heterocycles. The van der Waals surface area contributed by atoms with Gasteiger partial charge in [-0.1, -0.05) is 137 Å². The van der Waals surface area contributed by atoms with Gasteiger partial charge < -0.3 is 10.2 Å². The molecule has 0 rings (SSSR count). The first-order valence-corrected chi connectivity index (χ1v) is 14.2. The Morgan fingerprint density at radius 1 is 0.515 bits per heavy atom. The zero-order valence-electron chi connectivity index (χ0n) is 22.7. The molecule has 0 aliphatic carbocycles. The second kappa shape index (κ2) is 27.2. The van der Waals surface area contributed by atoms with E-state index >= 15 is 0 Å². The Kier molecular flexibility index (Phi) is 28.1. The van der Waals surface area contributed by atoms with Gasteiger partial charge in [0, 0.05) is 12.8 Å². The molecule has 0 fully saturated rings. The van der Waals surface area contributed by atoms with Crippen LogP contribution in [0.2, 0.25) is 0 Å². The molecule has 0 aliphatic rings. The highest BCUT2D eigenvalue weighted by atomic mass is 16.4. The van der Waals surface area contributed by atoms with Gasteiger partial charge in [0.05, 0.1) is 0 Å². The number of carbonyl (C=O) groups is 2. The average Bonchev–Trinajstić information content (AvgIpc) is 2.76. The van der Waals surface area contributed by atoms with E-state index in [1.165, 1.54) is 96.3 Å². The van der Waals surface area contributed by atoms with E-state index in [9.17, 15) is 9.59 Å². The van der Waals surface area contributed by atoms with E-state index in [4.69, 9.17) is 10.2 Å². The van der Waals surface area contributed by atoms with Crippen molar-refractivity contribution in [1.82, 2.24) is 0 Å². The Morgan fingerprint density at radius 2 is 0.818 bits per heavy atom. The normalized spacial score (nSPS) is 11.8. The maximum atomic E-state index is 10.3. The van der Waals surface area contributed by atoms with Crippen LogP contribution in [0.15, 0.2) is 0 Å². The molecule has 0 aliphatic heterocycles. The van der Waals surface area contributed by atoms with E-state index in [1.54, 1.807) is 0 Å². The van der Waals surface area contributed by atoms with Crippen LogP contribution in [0.25, 0.3) is 0 Å². The first-order chi connectivity index (χ1) is 15.8. The van der Waals surface area contributed by atoms with Crippen molar-refractivity contribution in [3.05, 3.63) is 0 Å². The third-order valence-corrected chi connectivity index (χ3v) is 6.46. The molecule has 1 unspecified atom stereocenters. The van der Waals surface area contributed by atoms with Crippen LogP contribution in [-0.2, 0) is 9.59 Å². The summed E-state index contributed by atoms with van der Waals surface area (Å²) in [7, 11) is 0. The average molecular weight is 471 g/mol. The lowest BCUT2D eigenvalue weighted by Crippen LogP contribution is -1.93. The predicted molar refractivity (Wildman–Crippen MR) is 142 cm³/mol. The van der Waals surface area contributed by atoms with Crippen LogP contribution in [0.5, 0.6) is 0 Å². The van der Waals surface area contributed by atoms with Gasteiger partial charge >= 0.3 is 11.9 Å². The second-order valence-electron chi connectivity index (χ2n) is 10.4. The quantitative estimate of drug-likeness (QED) is 0.146. The van der Waals surface area contributed by atoms with E-state index in [-0.39, 0.29) is 0 Å². The highest BCUT2D eigenvalue weighted by molar-refractivity contribution is 5.66. The number of hydrogen-bond acceptors (Lipinski definition) is 2. The first kappa shape index (κ1) is 34.1. The third-order valence-electron chi connectivity index (χ3n) is 6.46. The Balaban J connectivity index is 0. The fourth-order valence-electron chi connectivity index (χ4n) is 3.92. The largest absolute Gasteiger partial charge is 0.481 e. The van der Waals surface area contributed by atoms with Crippen LogP contribution in [0, 0.1) is 11.8 Å². The Labute approximate surface area is 206 Å². The van der Waals surface area contributed by atoms with E-state index in [1.807, 2.05) is 0 Å². The first-order valence-electron chi connectivity index (χ1n) is 14.2. The Morgan fingerprint density at radius 3 is 1.12 bits per heavy atom. The molecule has 1 atom stereocenters. The molecule has 0 aromatic carbocycles. The fraction of sp³-hybridized carbons (Fsp3) is 0.931. The minimum Gasteiger partial charge on any atom is -0.481 e. The smallest absolute Gasteiger partial charge is 0.303 e. The molecule has 0 saturated heterocycles. The Hall–Kier alpha value is -1.06. The summed E-state index contributed by atoms with van der Waals surface area (Å²) in [6, 6.07) is 0. The van der Waals surface area contributed by atoms with Gasteiger partial charge in [-0.05, 0) is 24.7 Å². The molecule has 2 N–H and O–H groups in total. The van der Waals surface area contributed by atoms with Crippen LogP contribution >= 0.6 is 0 Å². The van der Waals surface area contributed by atoms with Crippen LogP contribution in [0.3, 0.4) is 0 Å². The molecule has 0 aromatic rings. The van der Waals surface area contributed by atoms with E-state index in [0.717, 1.165) is 37.5 Å². The lowest BCUT2D eigenvalue weighted by atomic mass is 9.99. The summed E-state index contributed by atoms with van der Waals surface area (Å²) < 4.78 is 0. The van der Waals surface area contributed by atoms with Crippen LogP contribution in [0.1, 0.15) is 163 Å². The van der Waals surface area contributed by atoms with Crippen molar-refractivity contribution in [2.45, 2.75) is 163 Å². The van der Waals surface area contributed by atoms with Gasteiger partial charge in [0.15, 0.2) is 0 Å². The van der Waals surface area contributed by atoms with Crippen molar-refractivity contribution in [2.75, 3.05) is 0 Å². The predicted octanol–water partition coefficient (Wildman–Crippen LogP) is 9.65. The van der Waals surface area contributed by atoms with Gasteiger partial charge in [-0.2, -0.15) is 0 Å². The summed E-state index contributed by atoms with van der Waals surface area (Å²) in [6.45, 7) is 9.16. The van der Waals surface area contributed by atoms with Crippen molar-refractivity contribution in [3.63, 3.8) is 0 Å². The van der Waals surface area contributed by atoms with Crippen molar-refractivity contribution >= 4 is 11.9 Å².